The van der Waals surface area contributed by atoms with Gasteiger partial charge in [-0.15, -0.1) is 0 Å². The first-order chi connectivity index (χ1) is 7.36. The van der Waals surface area contributed by atoms with Gasteiger partial charge in [-0.2, -0.15) is 0 Å². The van der Waals surface area contributed by atoms with E-state index in [0.717, 1.165) is 18.9 Å². The quantitative estimate of drug-likeness (QED) is 0.792. The summed E-state index contributed by atoms with van der Waals surface area (Å²) in [5, 5.41) is 0. The number of halogens is 1. The maximum Gasteiger partial charge on any atom is 0.132 e. The molecule has 0 N–H and O–H groups in total. The molecule has 82 valence electrons. The molecule has 1 fully saturated rings. The minimum Gasteiger partial charge on any atom is -0.491 e. The third-order valence-electron chi connectivity index (χ3n) is 2.70. The Bertz CT molecular complexity index is 310. The van der Waals surface area contributed by atoms with Gasteiger partial charge in [0.05, 0.1) is 3.57 Å². The van der Waals surface area contributed by atoms with Crippen LogP contribution in [0.25, 0.3) is 0 Å². The molecule has 0 aliphatic carbocycles. The van der Waals surface area contributed by atoms with E-state index in [1.54, 1.807) is 0 Å². The van der Waals surface area contributed by atoms with E-state index in [9.17, 15) is 0 Å². The van der Waals surface area contributed by atoms with Gasteiger partial charge >= 0.3 is 0 Å². The molecule has 0 amide bonds. The second kappa shape index (κ2) is 5.70. The Kier molecular flexibility index (Phi) is 4.26. The predicted molar refractivity (Wildman–Crippen MR) is 70.3 cm³/mol. The fraction of sp³-hybridized carbons (Fsp3) is 0.500. The van der Waals surface area contributed by atoms with Gasteiger partial charge in [0.25, 0.3) is 0 Å². The molecule has 0 atom stereocenters. The summed E-state index contributed by atoms with van der Waals surface area (Å²) in [6.07, 6.45) is 2.70. The van der Waals surface area contributed by atoms with Crippen LogP contribution in [0.5, 0.6) is 5.75 Å². The smallest absolute Gasteiger partial charge is 0.132 e. The topological polar surface area (TPSA) is 12.5 Å². The lowest BCUT2D eigenvalue weighted by molar-refractivity contribution is 0.237. The Morgan fingerprint density at radius 3 is 2.67 bits per heavy atom. The monoisotopic (exact) mass is 317 g/mol. The Hall–Kier alpha value is -0.290. The molecule has 15 heavy (non-hydrogen) atoms. The Labute approximate surface area is 105 Å². The molecule has 3 heteroatoms. The summed E-state index contributed by atoms with van der Waals surface area (Å²) < 4.78 is 6.94. The molecular formula is C12H16INO. The van der Waals surface area contributed by atoms with E-state index in [2.05, 4.69) is 33.6 Å². The van der Waals surface area contributed by atoms with Gasteiger partial charge in [0.15, 0.2) is 0 Å². The third kappa shape index (κ3) is 3.34. The fourth-order valence-electron chi connectivity index (χ4n) is 1.85. The summed E-state index contributed by atoms with van der Waals surface area (Å²) in [5.41, 5.74) is 0. The third-order valence-corrected chi connectivity index (χ3v) is 3.59. The van der Waals surface area contributed by atoms with Crippen molar-refractivity contribution in [2.24, 2.45) is 0 Å². The number of benzene rings is 1. The summed E-state index contributed by atoms with van der Waals surface area (Å²) in [6.45, 7) is 4.36. The van der Waals surface area contributed by atoms with Crippen LogP contribution in [0, 0.1) is 3.57 Å². The van der Waals surface area contributed by atoms with Crippen molar-refractivity contribution >= 4 is 22.6 Å². The van der Waals surface area contributed by atoms with Crippen LogP contribution in [0.1, 0.15) is 12.8 Å². The van der Waals surface area contributed by atoms with Crippen molar-refractivity contribution in [2.75, 3.05) is 26.2 Å². The molecule has 0 aromatic heterocycles. The summed E-state index contributed by atoms with van der Waals surface area (Å²) in [5.74, 6) is 1.01. The highest BCUT2D eigenvalue weighted by Gasteiger charge is 2.10. The van der Waals surface area contributed by atoms with Gasteiger partial charge in [-0.3, -0.25) is 4.90 Å². The van der Waals surface area contributed by atoms with Gasteiger partial charge in [-0.25, -0.2) is 0 Å². The molecule has 1 aromatic rings. The van der Waals surface area contributed by atoms with Crippen LogP contribution in [0.4, 0.5) is 0 Å². The van der Waals surface area contributed by atoms with Gasteiger partial charge in [0.1, 0.15) is 12.4 Å². The molecule has 1 aliphatic heterocycles. The van der Waals surface area contributed by atoms with Gasteiger partial charge < -0.3 is 4.74 Å². The second-order valence-corrected chi connectivity index (χ2v) is 4.99. The van der Waals surface area contributed by atoms with E-state index in [4.69, 9.17) is 4.74 Å². The maximum atomic E-state index is 5.75. The van der Waals surface area contributed by atoms with Crippen LogP contribution < -0.4 is 4.74 Å². The molecule has 2 nitrogen and oxygen atoms in total. The van der Waals surface area contributed by atoms with Crippen LogP contribution in [0.2, 0.25) is 0 Å². The first-order valence-corrected chi connectivity index (χ1v) is 6.54. The molecule has 1 saturated heterocycles. The number of hydrogen-bond donors (Lipinski definition) is 0. The molecule has 0 spiro atoms. The number of ether oxygens (including phenoxy) is 1. The molecule has 0 bridgehead atoms. The highest BCUT2D eigenvalue weighted by molar-refractivity contribution is 14.1. The molecule has 2 rings (SSSR count). The number of para-hydroxylation sites is 1. The average molecular weight is 317 g/mol. The number of rotatable bonds is 4. The van der Waals surface area contributed by atoms with E-state index >= 15 is 0 Å². The molecule has 0 unspecified atom stereocenters. The Morgan fingerprint density at radius 1 is 1.20 bits per heavy atom. The van der Waals surface area contributed by atoms with Crippen molar-refractivity contribution < 1.29 is 4.74 Å². The van der Waals surface area contributed by atoms with E-state index in [1.165, 1.54) is 29.5 Å². The molecule has 1 aliphatic rings. The maximum absolute atomic E-state index is 5.75. The minimum atomic E-state index is 0.806. The molecular weight excluding hydrogens is 301 g/mol. The number of likely N-dealkylation sites (tertiary alicyclic amines) is 1. The lowest BCUT2D eigenvalue weighted by atomic mass is 10.3. The van der Waals surface area contributed by atoms with Crippen molar-refractivity contribution in [3.05, 3.63) is 27.8 Å². The van der Waals surface area contributed by atoms with E-state index < -0.39 is 0 Å². The zero-order chi connectivity index (χ0) is 10.5. The largest absolute Gasteiger partial charge is 0.491 e. The zero-order valence-corrected chi connectivity index (χ0v) is 10.9. The van der Waals surface area contributed by atoms with Crippen molar-refractivity contribution in [3.8, 4) is 5.75 Å². The summed E-state index contributed by atoms with van der Waals surface area (Å²) >= 11 is 2.31. The second-order valence-electron chi connectivity index (χ2n) is 3.83. The van der Waals surface area contributed by atoms with Crippen LogP contribution >= 0.6 is 22.6 Å². The lowest BCUT2D eigenvalue weighted by Gasteiger charge is -2.15. The lowest BCUT2D eigenvalue weighted by Crippen LogP contribution is -2.25. The fourth-order valence-corrected chi connectivity index (χ4v) is 2.40. The van der Waals surface area contributed by atoms with Crippen molar-refractivity contribution in [1.82, 2.24) is 4.90 Å². The van der Waals surface area contributed by atoms with E-state index in [0.29, 0.717) is 0 Å². The molecule has 0 saturated carbocycles. The van der Waals surface area contributed by atoms with Gasteiger partial charge in [-0.1, -0.05) is 12.1 Å². The predicted octanol–water partition coefficient (Wildman–Crippen LogP) is 2.77. The normalized spacial score (nSPS) is 16.9. The summed E-state index contributed by atoms with van der Waals surface area (Å²) in [7, 11) is 0. The highest BCUT2D eigenvalue weighted by Crippen LogP contribution is 2.19. The van der Waals surface area contributed by atoms with Crippen LogP contribution in [-0.4, -0.2) is 31.1 Å². The first-order valence-electron chi connectivity index (χ1n) is 5.46. The number of nitrogens with zero attached hydrogens (tertiary/aromatic N) is 1. The van der Waals surface area contributed by atoms with Gasteiger partial charge in [0.2, 0.25) is 0 Å². The van der Waals surface area contributed by atoms with Crippen LogP contribution in [-0.2, 0) is 0 Å². The average Bonchev–Trinajstić information content (AvgIpc) is 2.74. The Morgan fingerprint density at radius 2 is 1.93 bits per heavy atom. The van der Waals surface area contributed by atoms with Gasteiger partial charge in [0, 0.05) is 6.54 Å². The zero-order valence-electron chi connectivity index (χ0n) is 8.79. The van der Waals surface area contributed by atoms with Crippen molar-refractivity contribution in [2.45, 2.75) is 12.8 Å². The van der Waals surface area contributed by atoms with E-state index in [1.807, 2.05) is 18.2 Å². The summed E-state index contributed by atoms with van der Waals surface area (Å²) in [6, 6.07) is 8.17. The summed E-state index contributed by atoms with van der Waals surface area (Å²) in [4.78, 5) is 2.47. The SMILES string of the molecule is Ic1ccccc1OCCN1CCCC1. The molecule has 0 radical (unpaired) electrons. The minimum absolute atomic E-state index is 0.806. The van der Waals surface area contributed by atoms with Crippen molar-refractivity contribution in [3.63, 3.8) is 0 Å². The van der Waals surface area contributed by atoms with Gasteiger partial charge in [-0.05, 0) is 60.7 Å². The van der Waals surface area contributed by atoms with Crippen molar-refractivity contribution in [1.29, 1.82) is 0 Å². The van der Waals surface area contributed by atoms with Crippen LogP contribution in [0.3, 0.4) is 0 Å². The number of hydrogen-bond acceptors (Lipinski definition) is 2. The van der Waals surface area contributed by atoms with Crippen LogP contribution in [0.15, 0.2) is 24.3 Å². The molecule has 1 aromatic carbocycles. The van der Waals surface area contributed by atoms with E-state index in [-0.39, 0.29) is 0 Å². The Balaban J connectivity index is 1.75. The first kappa shape index (κ1) is 11.2. The highest BCUT2D eigenvalue weighted by atomic mass is 127. The standard InChI is InChI=1S/C12H16INO/c13-11-5-1-2-6-12(11)15-10-9-14-7-3-4-8-14/h1-2,5-6H,3-4,7-10H2. The molecule has 1 heterocycles.